The van der Waals surface area contributed by atoms with Crippen LogP contribution in [-0.4, -0.2) is 57.7 Å². The summed E-state index contributed by atoms with van der Waals surface area (Å²) in [5, 5.41) is 6.54. The summed E-state index contributed by atoms with van der Waals surface area (Å²) in [6.45, 7) is 5.51. The molecule has 0 spiro atoms. The monoisotopic (exact) mass is 356 g/mol. The molecule has 1 aliphatic rings. The number of piperidine rings is 1. The highest BCUT2D eigenvalue weighted by atomic mass is 32.2. The maximum Gasteiger partial charge on any atom is 0.211 e. The van der Waals surface area contributed by atoms with Gasteiger partial charge < -0.3 is 15.1 Å². The molecule has 0 bridgehead atoms. The Kier molecular flexibility index (Phi) is 7.11. The van der Waals surface area contributed by atoms with Crippen LogP contribution in [0.2, 0.25) is 0 Å². The van der Waals surface area contributed by atoms with Gasteiger partial charge in [0, 0.05) is 39.1 Å². The molecule has 2 N–H and O–H groups in total. The number of furan rings is 1. The second-order valence-corrected chi connectivity index (χ2v) is 8.06. The van der Waals surface area contributed by atoms with Crippen LogP contribution in [0, 0.1) is 5.92 Å². The fraction of sp³-hybridized carbons (Fsp3) is 0.688. The van der Waals surface area contributed by atoms with Gasteiger partial charge in [-0.25, -0.2) is 12.7 Å². The molecule has 0 amide bonds. The first kappa shape index (κ1) is 18.8. The SMILES string of the molecule is CCNC(=NCC1CCN(S(C)(=O)=O)CC1)NCCc1ccco1. The van der Waals surface area contributed by atoms with E-state index in [2.05, 4.69) is 15.6 Å². The molecule has 1 aliphatic heterocycles. The molecule has 8 heteroatoms. The smallest absolute Gasteiger partial charge is 0.211 e. The van der Waals surface area contributed by atoms with Gasteiger partial charge in [0.1, 0.15) is 5.76 Å². The van der Waals surface area contributed by atoms with Gasteiger partial charge in [-0.2, -0.15) is 0 Å². The Morgan fingerprint density at radius 1 is 1.38 bits per heavy atom. The van der Waals surface area contributed by atoms with Crippen LogP contribution in [0.5, 0.6) is 0 Å². The van der Waals surface area contributed by atoms with Crippen molar-refractivity contribution < 1.29 is 12.8 Å². The third-order valence-corrected chi connectivity index (χ3v) is 5.44. The fourth-order valence-corrected chi connectivity index (χ4v) is 3.62. The largest absolute Gasteiger partial charge is 0.469 e. The third kappa shape index (κ3) is 6.16. The first-order chi connectivity index (χ1) is 11.5. The summed E-state index contributed by atoms with van der Waals surface area (Å²) < 4.78 is 29.9. The summed E-state index contributed by atoms with van der Waals surface area (Å²) in [5.74, 6) is 2.18. The molecule has 0 aromatic carbocycles. The standard InChI is InChI=1S/C16H28N4O3S/c1-3-17-16(18-9-6-15-5-4-12-23-15)19-13-14-7-10-20(11-8-14)24(2,21)22/h4-5,12,14H,3,6-11,13H2,1-2H3,(H2,17,18,19). The van der Waals surface area contributed by atoms with E-state index in [0.717, 1.165) is 44.1 Å². The normalized spacial score (nSPS) is 17.8. The summed E-state index contributed by atoms with van der Waals surface area (Å²) in [7, 11) is -3.06. The lowest BCUT2D eigenvalue weighted by Crippen LogP contribution is -2.40. The van der Waals surface area contributed by atoms with Gasteiger partial charge in [0.2, 0.25) is 10.0 Å². The van der Waals surface area contributed by atoms with Crippen LogP contribution in [0.4, 0.5) is 0 Å². The van der Waals surface area contributed by atoms with E-state index in [-0.39, 0.29) is 0 Å². The van der Waals surface area contributed by atoms with Crippen molar-refractivity contribution in [2.75, 3.05) is 39.0 Å². The Morgan fingerprint density at radius 3 is 2.71 bits per heavy atom. The quantitative estimate of drug-likeness (QED) is 0.563. The van der Waals surface area contributed by atoms with E-state index in [4.69, 9.17) is 4.42 Å². The Labute approximate surface area is 144 Å². The summed E-state index contributed by atoms with van der Waals surface area (Å²) >= 11 is 0. The number of nitrogens with one attached hydrogen (secondary N) is 2. The molecule has 1 saturated heterocycles. The van der Waals surface area contributed by atoms with Gasteiger partial charge in [-0.3, -0.25) is 4.99 Å². The van der Waals surface area contributed by atoms with Gasteiger partial charge >= 0.3 is 0 Å². The zero-order chi connectivity index (χ0) is 17.4. The van der Waals surface area contributed by atoms with E-state index in [9.17, 15) is 8.42 Å². The van der Waals surface area contributed by atoms with E-state index in [1.807, 2.05) is 19.1 Å². The number of sulfonamides is 1. The lowest BCUT2D eigenvalue weighted by molar-refractivity contribution is 0.280. The number of hydrogen-bond acceptors (Lipinski definition) is 4. The molecule has 2 rings (SSSR count). The van der Waals surface area contributed by atoms with Crippen LogP contribution in [0.15, 0.2) is 27.8 Å². The predicted molar refractivity (Wildman–Crippen MR) is 95.5 cm³/mol. The molecule has 7 nitrogen and oxygen atoms in total. The van der Waals surface area contributed by atoms with Crippen LogP contribution < -0.4 is 10.6 Å². The van der Waals surface area contributed by atoms with E-state index < -0.39 is 10.0 Å². The molecule has 2 heterocycles. The van der Waals surface area contributed by atoms with Crippen molar-refractivity contribution in [1.29, 1.82) is 0 Å². The van der Waals surface area contributed by atoms with E-state index in [1.54, 1.807) is 10.6 Å². The highest BCUT2D eigenvalue weighted by molar-refractivity contribution is 7.88. The molecule has 0 saturated carbocycles. The maximum absolute atomic E-state index is 11.5. The maximum atomic E-state index is 11.5. The Balaban J connectivity index is 1.76. The third-order valence-electron chi connectivity index (χ3n) is 4.14. The van der Waals surface area contributed by atoms with Crippen molar-refractivity contribution in [3.8, 4) is 0 Å². The highest BCUT2D eigenvalue weighted by Crippen LogP contribution is 2.19. The zero-order valence-electron chi connectivity index (χ0n) is 14.5. The van der Waals surface area contributed by atoms with Crippen LogP contribution in [0.25, 0.3) is 0 Å². The second kappa shape index (κ2) is 9.08. The molecule has 1 aromatic rings. The molecular weight excluding hydrogens is 328 g/mol. The summed E-state index contributed by atoms with van der Waals surface area (Å²) in [6, 6.07) is 3.85. The van der Waals surface area contributed by atoms with E-state index >= 15 is 0 Å². The zero-order valence-corrected chi connectivity index (χ0v) is 15.3. The number of nitrogens with zero attached hydrogens (tertiary/aromatic N) is 2. The number of aliphatic imine (C=N–C) groups is 1. The van der Waals surface area contributed by atoms with Crippen molar-refractivity contribution in [3.63, 3.8) is 0 Å². The van der Waals surface area contributed by atoms with Gasteiger partial charge in [0.25, 0.3) is 0 Å². The minimum atomic E-state index is -3.06. The minimum absolute atomic E-state index is 0.434. The summed E-state index contributed by atoms with van der Waals surface area (Å²) in [6.07, 6.45) is 5.49. The summed E-state index contributed by atoms with van der Waals surface area (Å²) in [4.78, 5) is 4.64. The van der Waals surface area contributed by atoms with Crippen LogP contribution in [-0.2, 0) is 16.4 Å². The van der Waals surface area contributed by atoms with Gasteiger partial charge in [-0.05, 0) is 37.8 Å². The van der Waals surface area contributed by atoms with Crippen molar-refractivity contribution >= 4 is 16.0 Å². The van der Waals surface area contributed by atoms with Gasteiger partial charge in [-0.15, -0.1) is 0 Å². The van der Waals surface area contributed by atoms with E-state index in [1.165, 1.54) is 6.26 Å². The van der Waals surface area contributed by atoms with Crippen molar-refractivity contribution in [3.05, 3.63) is 24.2 Å². The van der Waals surface area contributed by atoms with Gasteiger partial charge in [0.05, 0.1) is 12.5 Å². The Morgan fingerprint density at radius 2 is 2.12 bits per heavy atom. The molecule has 0 aliphatic carbocycles. The molecular formula is C16H28N4O3S. The molecule has 24 heavy (non-hydrogen) atoms. The lowest BCUT2D eigenvalue weighted by Gasteiger charge is -2.29. The summed E-state index contributed by atoms with van der Waals surface area (Å²) in [5.41, 5.74) is 0. The average Bonchev–Trinajstić information content (AvgIpc) is 3.05. The van der Waals surface area contributed by atoms with Crippen molar-refractivity contribution in [2.24, 2.45) is 10.9 Å². The van der Waals surface area contributed by atoms with Crippen molar-refractivity contribution in [2.45, 2.75) is 26.2 Å². The minimum Gasteiger partial charge on any atom is -0.469 e. The Bertz CT molecular complexity index is 605. The predicted octanol–water partition coefficient (Wildman–Crippen LogP) is 1.05. The van der Waals surface area contributed by atoms with Crippen LogP contribution >= 0.6 is 0 Å². The first-order valence-electron chi connectivity index (χ1n) is 8.48. The van der Waals surface area contributed by atoms with E-state index in [0.29, 0.717) is 25.6 Å². The average molecular weight is 356 g/mol. The molecule has 1 fully saturated rings. The number of rotatable bonds is 7. The van der Waals surface area contributed by atoms with Crippen LogP contribution in [0.1, 0.15) is 25.5 Å². The van der Waals surface area contributed by atoms with Gasteiger partial charge in [-0.1, -0.05) is 0 Å². The van der Waals surface area contributed by atoms with Crippen LogP contribution in [0.3, 0.4) is 0 Å². The fourth-order valence-electron chi connectivity index (χ4n) is 2.74. The molecule has 0 unspecified atom stereocenters. The molecule has 0 atom stereocenters. The number of guanidine groups is 1. The highest BCUT2D eigenvalue weighted by Gasteiger charge is 2.24. The first-order valence-corrected chi connectivity index (χ1v) is 10.3. The van der Waals surface area contributed by atoms with Crippen molar-refractivity contribution in [1.82, 2.24) is 14.9 Å². The molecule has 136 valence electrons. The molecule has 0 radical (unpaired) electrons. The molecule has 1 aromatic heterocycles. The van der Waals surface area contributed by atoms with Gasteiger partial charge in [0.15, 0.2) is 5.96 Å². The Hall–Kier alpha value is -1.54. The number of hydrogen-bond donors (Lipinski definition) is 2. The topological polar surface area (TPSA) is 86.9 Å². The second-order valence-electron chi connectivity index (χ2n) is 6.08. The lowest BCUT2D eigenvalue weighted by atomic mass is 9.98.